The van der Waals surface area contributed by atoms with Gasteiger partial charge in [0.05, 0.1) is 5.56 Å². The summed E-state index contributed by atoms with van der Waals surface area (Å²) in [6, 6.07) is 5.86. The quantitative estimate of drug-likeness (QED) is 0.590. The van der Waals surface area contributed by atoms with Crippen LogP contribution in [-0.4, -0.2) is 31.1 Å². The molecule has 1 aliphatic heterocycles. The lowest BCUT2D eigenvalue weighted by Crippen LogP contribution is -2.45. The van der Waals surface area contributed by atoms with Crippen molar-refractivity contribution in [1.29, 1.82) is 0 Å². The van der Waals surface area contributed by atoms with Gasteiger partial charge in [0, 0.05) is 32.2 Å². The SMILES string of the molecule is C=CCCCC[C@@H](c1ccccc1C(F)(F)F)N1CCNCC1. The predicted molar refractivity (Wildman–Crippen MR) is 87.3 cm³/mol. The minimum absolute atomic E-state index is 0.167. The average Bonchev–Trinajstić information content (AvgIpc) is 2.55. The number of piperazine rings is 1. The van der Waals surface area contributed by atoms with Gasteiger partial charge in [-0.3, -0.25) is 4.90 Å². The fraction of sp³-hybridized carbons (Fsp3) is 0.556. The number of alkyl halides is 3. The van der Waals surface area contributed by atoms with Crippen LogP contribution in [0.25, 0.3) is 0 Å². The molecule has 2 rings (SSSR count). The summed E-state index contributed by atoms with van der Waals surface area (Å²) in [6.45, 7) is 6.95. The fourth-order valence-corrected chi connectivity index (χ4v) is 3.20. The lowest BCUT2D eigenvalue weighted by Gasteiger charge is -2.36. The summed E-state index contributed by atoms with van der Waals surface area (Å²) in [6.07, 6.45) is 1.11. The molecular weight excluding hydrogens is 301 g/mol. The molecule has 1 aromatic carbocycles. The summed E-state index contributed by atoms with van der Waals surface area (Å²) in [5.41, 5.74) is -0.0762. The third-order valence-corrected chi connectivity index (χ3v) is 4.35. The van der Waals surface area contributed by atoms with Gasteiger partial charge in [-0.05, 0) is 30.9 Å². The minimum atomic E-state index is -4.30. The van der Waals surface area contributed by atoms with Crippen molar-refractivity contribution in [3.63, 3.8) is 0 Å². The second kappa shape index (κ2) is 8.50. The molecule has 1 fully saturated rings. The Morgan fingerprint density at radius 2 is 1.87 bits per heavy atom. The number of halogens is 3. The molecule has 1 atom stereocenters. The predicted octanol–water partition coefficient (Wildman–Crippen LogP) is 4.40. The van der Waals surface area contributed by atoms with Crippen molar-refractivity contribution in [3.8, 4) is 0 Å². The Labute approximate surface area is 136 Å². The number of rotatable bonds is 7. The molecule has 128 valence electrons. The van der Waals surface area contributed by atoms with E-state index in [1.165, 1.54) is 12.1 Å². The van der Waals surface area contributed by atoms with Gasteiger partial charge < -0.3 is 5.32 Å². The van der Waals surface area contributed by atoms with Crippen LogP contribution >= 0.6 is 0 Å². The Morgan fingerprint density at radius 3 is 2.52 bits per heavy atom. The van der Waals surface area contributed by atoms with Gasteiger partial charge in [-0.2, -0.15) is 13.2 Å². The van der Waals surface area contributed by atoms with Gasteiger partial charge in [0.1, 0.15) is 0 Å². The van der Waals surface area contributed by atoms with Crippen molar-refractivity contribution >= 4 is 0 Å². The molecule has 0 unspecified atom stereocenters. The second-order valence-electron chi connectivity index (χ2n) is 5.96. The highest BCUT2D eigenvalue weighted by atomic mass is 19.4. The molecule has 0 aromatic heterocycles. The second-order valence-corrected chi connectivity index (χ2v) is 5.96. The van der Waals surface area contributed by atoms with E-state index in [0.717, 1.165) is 51.9 Å². The van der Waals surface area contributed by atoms with Crippen molar-refractivity contribution in [1.82, 2.24) is 10.2 Å². The molecule has 1 aromatic rings. The first-order valence-electron chi connectivity index (χ1n) is 8.26. The Balaban J connectivity index is 2.23. The highest BCUT2D eigenvalue weighted by Gasteiger charge is 2.36. The van der Waals surface area contributed by atoms with Crippen LogP contribution in [0.3, 0.4) is 0 Å². The summed E-state index contributed by atoms with van der Waals surface area (Å²) in [5, 5.41) is 3.27. The lowest BCUT2D eigenvalue weighted by atomic mass is 9.93. The Morgan fingerprint density at radius 1 is 1.17 bits per heavy atom. The number of nitrogens with one attached hydrogen (secondary N) is 1. The monoisotopic (exact) mass is 326 g/mol. The standard InChI is InChI=1S/C18H25F3N2/c1-2-3-4-5-10-17(23-13-11-22-12-14-23)15-8-6-7-9-16(15)18(19,20)21/h2,6-9,17,22H,1,3-5,10-14H2/t17-/m0/s1. The number of hydrogen-bond donors (Lipinski definition) is 1. The molecule has 0 spiro atoms. The molecule has 1 aliphatic rings. The van der Waals surface area contributed by atoms with Gasteiger partial charge in [0.25, 0.3) is 0 Å². The normalized spacial score (nSPS) is 17.9. The molecule has 2 nitrogen and oxygen atoms in total. The van der Waals surface area contributed by atoms with Crippen LogP contribution in [0, 0.1) is 0 Å². The van der Waals surface area contributed by atoms with E-state index in [1.807, 2.05) is 6.08 Å². The van der Waals surface area contributed by atoms with Crippen LogP contribution in [0.4, 0.5) is 13.2 Å². The van der Waals surface area contributed by atoms with E-state index in [2.05, 4.69) is 16.8 Å². The van der Waals surface area contributed by atoms with Crippen molar-refractivity contribution < 1.29 is 13.2 Å². The van der Waals surface area contributed by atoms with E-state index in [1.54, 1.807) is 12.1 Å². The van der Waals surface area contributed by atoms with Crippen molar-refractivity contribution in [3.05, 3.63) is 48.0 Å². The van der Waals surface area contributed by atoms with Crippen molar-refractivity contribution in [2.75, 3.05) is 26.2 Å². The maximum absolute atomic E-state index is 13.4. The zero-order chi connectivity index (χ0) is 16.7. The molecular formula is C18H25F3N2. The van der Waals surface area contributed by atoms with Gasteiger partial charge in [0.2, 0.25) is 0 Å². The number of unbranched alkanes of at least 4 members (excludes halogenated alkanes) is 2. The third-order valence-electron chi connectivity index (χ3n) is 4.35. The van der Waals surface area contributed by atoms with E-state index in [-0.39, 0.29) is 6.04 Å². The van der Waals surface area contributed by atoms with Gasteiger partial charge in [-0.25, -0.2) is 0 Å². The van der Waals surface area contributed by atoms with E-state index in [9.17, 15) is 13.2 Å². The van der Waals surface area contributed by atoms with Gasteiger partial charge in [0.15, 0.2) is 0 Å². The molecule has 1 heterocycles. The molecule has 23 heavy (non-hydrogen) atoms. The maximum atomic E-state index is 13.4. The summed E-state index contributed by atoms with van der Waals surface area (Å²) < 4.78 is 40.1. The fourth-order valence-electron chi connectivity index (χ4n) is 3.20. The summed E-state index contributed by atoms with van der Waals surface area (Å²) in [7, 11) is 0. The summed E-state index contributed by atoms with van der Waals surface area (Å²) in [5.74, 6) is 0. The first kappa shape index (κ1) is 18.0. The summed E-state index contributed by atoms with van der Waals surface area (Å²) >= 11 is 0. The molecule has 0 bridgehead atoms. The molecule has 5 heteroatoms. The summed E-state index contributed by atoms with van der Waals surface area (Å²) in [4.78, 5) is 2.19. The van der Waals surface area contributed by atoms with Gasteiger partial charge in [-0.1, -0.05) is 30.7 Å². The first-order valence-corrected chi connectivity index (χ1v) is 8.26. The smallest absolute Gasteiger partial charge is 0.314 e. The van der Waals surface area contributed by atoms with E-state index in [4.69, 9.17) is 0 Å². The molecule has 1 N–H and O–H groups in total. The molecule has 0 aliphatic carbocycles. The van der Waals surface area contributed by atoms with E-state index < -0.39 is 11.7 Å². The van der Waals surface area contributed by atoms with Gasteiger partial charge in [-0.15, -0.1) is 6.58 Å². The van der Waals surface area contributed by atoms with Gasteiger partial charge >= 0.3 is 6.18 Å². The van der Waals surface area contributed by atoms with Crippen LogP contribution < -0.4 is 5.32 Å². The van der Waals surface area contributed by atoms with Crippen LogP contribution in [0.15, 0.2) is 36.9 Å². The average molecular weight is 326 g/mol. The Bertz CT molecular complexity index is 493. The third kappa shape index (κ3) is 5.08. The highest BCUT2D eigenvalue weighted by molar-refractivity contribution is 5.32. The lowest BCUT2D eigenvalue weighted by molar-refractivity contribution is -0.138. The zero-order valence-electron chi connectivity index (χ0n) is 13.4. The number of benzene rings is 1. The Hall–Kier alpha value is -1.33. The molecule has 0 radical (unpaired) electrons. The number of hydrogen-bond acceptors (Lipinski definition) is 2. The zero-order valence-corrected chi connectivity index (χ0v) is 13.4. The van der Waals surface area contributed by atoms with Crippen LogP contribution in [0.5, 0.6) is 0 Å². The molecule has 0 saturated carbocycles. The maximum Gasteiger partial charge on any atom is 0.416 e. The number of nitrogens with zero attached hydrogens (tertiary/aromatic N) is 1. The largest absolute Gasteiger partial charge is 0.416 e. The highest BCUT2D eigenvalue weighted by Crippen LogP contribution is 2.38. The molecule has 0 amide bonds. The van der Waals surface area contributed by atoms with Crippen LogP contribution in [0.2, 0.25) is 0 Å². The van der Waals surface area contributed by atoms with Crippen molar-refractivity contribution in [2.45, 2.75) is 37.9 Å². The topological polar surface area (TPSA) is 15.3 Å². The van der Waals surface area contributed by atoms with Crippen molar-refractivity contribution in [2.24, 2.45) is 0 Å². The molecule has 1 saturated heterocycles. The van der Waals surface area contributed by atoms with E-state index >= 15 is 0 Å². The first-order chi connectivity index (χ1) is 11.0. The van der Waals surface area contributed by atoms with Crippen LogP contribution in [-0.2, 0) is 6.18 Å². The minimum Gasteiger partial charge on any atom is -0.314 e. The Kier molecular flexibility index (Phi) is 6.66. The van der Waals surface area contributed by atoms with E-state index in [0.29, 0.717) is 5.56 Å². The van der Waals surface area contributed by atoms with Crippen LogP contribution in [0.1, 0.15) is 42.9 Å². The number of allylic oxidation sites excluding steroid dienone is 1.